The molecular formula is C21H21N3O3S. The van der Waals surface area contributed by atoms with E-state index < -0.39 is 10.0 Å². The van der Waals surface area contributed by atoms with E-state index in [0.29, 0.717) is 5.69 Å². The molecule has 0 aliphatic heterocycles. The molecule has 2 N–H and O–H groups in total. The van der Waals surface area contributed by atoms with Gasteiger partial charge in [-0.05, 0) is 55.3 Å². The van der Waals surface area contributed by atoms with E-state index in [1.54, 1.807) is 36.7 Å². The minimum absolute atomic E-state index is 0.0321. The molecule has 0 saturated heterocycles. The molecule has 0 aliphatic rings. The van der Waals surface area contributed by atoms with Gasteiger partial charge in [0.25, 0.3) is 5.91 Å². The van der Waals surface area contributed by atoms with Gasteiger partial charge in [0.05, 0.1) is 4.90 Å². The van der Waals surface area contributed by atoms with Crippen LogP contribution in [-0.4, -0.2) is 19.3 Å². The predicted octanol–water partition coefficient (Wildman–Crippen LogP) is 3.43. The SMILES string of the molecule is Cc1ccc(NC(=O)c2cccc(S(=O)(=O)NCc3cccnc3)c2)c(C)c1. The molecule has 28 heavy (non-hydrogen) atoms. The first-order chi connectivity index (χ1) is 13.3. The first-order valence-electron chi connectivity index (χ1n) is 8.72. The lowest BCUT2D eigenvalue weighted by atomic mass is 10.1. The Morgan fingerprint density at radius 1 is 1.04 bits per heavy atom. The number of amides is 1. The lowest BCUT2D eigenvalue weighted by Gasteiger charge is -2.11. The van der Waals surface area contributed by atoms with E-state index in [1.807, 2.05) is 32.0 Å². The molecule has 0 unspecified atom stereocenters. The molecule has 7 heteroatoms. The topological polar surface area (TPSA) is 88.2 Å². The molecular weight excluding hydrogens is 374 g/mol. The van der Waals surface area contributed by atoms with Crippen LogP contribution in [0, 0.1) is 13.8 Å². The fraction of sp³-hybridized carbons (Fsp3) is 0.143. The minimum Gasteiger partial charge on any atom is -0.322 e. The fourth-order valence-corrected chi connectivity index (χ4v) is 3.78. The fourth-order valence-electron chi connectivity index (χ4n) is 2.72. The van der Waals surface area contributed by atoms with Gasteiger partial charge in [-0.2, -0.15) is 0 Å². The van der Waals surface area contributed by atoms with Crippen molar-refractivity contribution in [1.82, 2.24) is 9.71 Å². The van der Waals surface area contributed by atoms with Crippen molar-refractivity contribution in [3.05, 3.63) is 89.2 Å². The van der Waals surface area contributed by atoms with Gasteiger partial charge >= 0.3 is 0 Å². The molecule has 1 amide bonds. The molecule has 0 radical (unpaired) electrons. The van der Waals surface area contributed by atoms with Crippen molar-refractivity contribution in [1.29, 1.82) is 0 Å². The summed E-state index contributed by atoms with van der Waals surface area (Å²) in [6.45, 7) is 4.01. The van der Waals surface area contributed by atoms with Crippen molar-refractivity contribution in [3.63, 3.8) is 0 Å². The van der Waals surface area contributed by atoms with E-state index in [-0.39, 0.29) is 22.9 Å². The molecule has 3 rings (SSSR count). The van der Waals surface area contributed by atoms with E-state index in [1.165, 1.54) is 12.1 Å². The molecule has 0 spiro atoms. The molecule has 1 aromatic heterocycles. The largest absolute Gasteiger partial charge is 0.322 e. The van der Waals surface area contributed by atoms with Crippen molar-refractivity contribution >= 4 is 21.6 Å². The standard InChI is InChI=1S/C21H21N3O3S/c1-15-8-9-20(16(2)11-15)24-21(25)18-6-3-7-19(12-18)28(26,27)23-14-17-5-4-10-22-13-17/h3-13,23H,14H2,1-2H3,(H,24,25). The van der Waals surface area contributed by atoms with Crippen molar-refractivity contribution in [2.45, 2.75) is 25.3 Å². The highest BCUT2D eigenvalue weighted by Crippen LogP contribution is 2.18. The molecule has 144 valence electrons. The first kappa shape index (κ1) is 19.7. The zero-order chi connectivity index (χ0) is 20.1. The molecule has 3 aromatic rings. The average Bonchev–Trinajstić information content (AvgIpc) is 2.69. The Labute approximate surface area is 164 Å². The van der Waals surface area contributed by atoms with Crippen LogP contribution in [0.1, 0.15) is 27.0 Å². The van der Waals surface area contributed by atoms with Crippen LogP contribution >= 0.6 is 0 Å². The van der Waals surface area contributed by atoms with E-state index in [0.717, 1.165) is 16.7 Å². The maximum atomic E-state index is 12.6. The van der Waals surface area contributed by atoms with Crippen molar-refractivity contribution in [2.24, 2.45) is 0 Å². The summed E-state index contributed by atoms with van der Waals surface area (Å²) in [4.78, 5) is 16.6. The Morgan fingerprint density at radius 3 is 2.57 bits per heavy atom. The van der Waals surface area contributed by atoms with Gasteiger partial charge in [-0.25, -0.2) is 13.1 Å². The number of nitrogens with zero attached hydrogens (tertiary/aromatic N) is 1. The lowest BCUT2D eigenvalue weighted by Crippen LogP contribution is -2.24. The molecule has 6 nitrogen and oxygen atoms in total. The summed E-state index contributed by atoms with van der Waals surface area (Å²) >= 11 is 0. The van der Waals surface area contributed by atoms with Crippen LogP contribution in [0.25, 0.3) is 0 Å². The number of anilines is 1. The second-order valence-electron chi connectivity index (χ2n) is 6.49. The van der Waals surface area contributed by atoms with Crippen molar-refractivity contribution < 1.29 is 13.2 Å². The van der Waals surface area contributed by atoms with Crippen LogP contribution < -0.4 is 10.0 Å². The van der Waals surface area contributed by atoms with Gasteiger partial charge in [-0.1, -0.05) is 29.8 Å². The molecule has 0 atom stereocenters. The predicted molar refractivity (Wildman–Crippen MR) is 109 cm³/mol. The third-order valence-corrected chi connectivity index (χ3v) is 5.62. The monoisotopic (exact) mass is 395 g/mol. The summed E-state index contributed by atoms with van der Waals surface area (Å²) in [6.07, 6.45) is 3.21. The van der Waals surface area contributed by atoms with Gasteiger partial charge in [0.2, 0.25) is 10.0 Å². The number of rotatable bonds is 6. The quantitative estimate of drug-likeness (QED) is 0.669. The molecule has 0 saturated carbocycles. The zero-order valence-corrected chi connectivity index (χ0v) is 16.5. The second-order valence-corrected chi connectivity index (χ2v) is 8.25. The number of aryl methyl sites for hydroxylation is 2. The summed E-state index contributed by atoms with van der Waals surface area (Å²) in [5.74, 6) is -0.365. The average molecular weight is 395 g/mol. The number of carbonyl (C=O) groups excluding carboxylic acids is 1. The van der Waals surface area contributed by atoms with Crippen molar-refractivity contribution in [2.75, 3.05) is 5.32 Å². The van der Waals surface area contributed by atoms with Crippen molar-refractivity contribution in [3.8, 4) is 0 Å². The van der Waals surface area contributed by atoms with Crippen LogP contribution in [0.3, 0.4) is 0 Å². The number of hydrogen-bond donors (Lipinski definition) is 2. The number of benzene rings is 2. The third-order valence-electron chi connectivity index (χ3n) is 4.23. The van der Waals surface area contributed by atoms with E-state index in [2.05, 4.69) is 15.0 Å². The Bertz CT molecular complexity index is 1100. The number of nitrogens with one attached hydrogen (secondary N) is 2. The highest BCUT2D eigenvalue weighted by Gasteiger charge is 2.16. The summed E-state index contributed by atoms with van der Waals surface area (Å²) in [5.41, 5.74) is 3.75. The number of pyridine rings is 1. The van der Waals surface area contributed by atoms with Gasteiger partial charge in [0, 0.05) is 30.2 Å². The van der Waals surface area contributed by atoms with Gasteiger partial charge in [0.15, 0.2) is 0 Å². The number of hydrogen-bond acceptors (Lipinski definition) is 4. The molecule has 0 bridgehead atoms. The molecule has 0 fully saturated rings. The highest BCUT2D eigenvalue weighted by atomic mass is 32.2. The Hall–Kier alpha value is -3.03. The summed E-state index contributed by atoms with van der Waals surface area (Å²) in [7, 11) is -3.76. The normalized spacial score (nSPS) is 11.2. The second kappa shape index (κ2) is 8.33. The Balaban J connectivity index is 1.76. The third kappa shape index (κ3) is 4.82. The summed E-state index contributed by atoms with van der Waals surface area (Å²) in [6, 6.07) is 15.2. The van der Waals surface area contributed by atoms with Gasteiger partial charge in [-0.3, -0.25) is 9.78 Å². The number of aromatic nitrogens is 1. The van der Waals surface area contributed by atoms with Gasteiger partial charge in [0.1, 0.15) is 0 Å². The van der Waals surface area contributed by atoms with Crippen LogP contribution in [0.2, 0.25) is 0 Å². The van der Waals surface area contributed by atoms with E-state index in [9.17, 15) is 13.2 Å². The van der Waals surface area contributed by atoms with Crippen LogP contribution in [0.4, 0.5) is 5.69 Å². The van der Waals surface area contributed by atoms with Gasteiger partial charge < -0.3 is 5.32 Å². The summed E-state index contributed by atoms with van der Waals surface area (Å²) < 4.78 is 27.7. The van der Waals surface area contributed by atoms with Gasteiger partial charge in [-0.15, -0.1) is 0 Å². The van der Waals surface area contributed by atoms with E-state index >= 15 is 0 Å². The molecule has 2 aromatic carbocycles. The first-order valence-corrected chi connectivity index (χ1v) is 10.2. The summed E-state index contributed by atoms with van der Waals surface area (Å²) in [5, 5.41) is 2.83. The Morgan fingerprint density at radius 2 is 1.86 bits per heavy atom. The molecule has 0 aliphatic carbocycles. The van der Waals surface area contributed by atoms with E-state index in [4.69, 9.17) is 0 Å². The molecule has 1 heterocycles. The van der Waals surface area contributed by atoms with Crippen LogP contribution in [-0.2, 0) is 16.6 Å². The minimum atomic E-state index is -3.76. The lowest BCUT2D eigenvalue weighted by molar-refractivity contribution is 0.102. The Kier molecular flexibility index (Phi) is 5.87. The number of carbonyl (C=O) groups is 1. The number of sulfonamides is 1. The smallest absolute Gasteiger partial charge is 0.255 e. The maximum absolute atomic E-state index is 12.6. The zero-order valence-electron chi connectivity index (χ0n) is 15.6. The van der Waals surface area contributed by atoms with Crippen LogP contribution in [0.15, 0.2) is 71.9 Å². The van der Waals surface area contributed by atoms with Crippen LogP contribution in [0.5, 0.6) is 0 Å². The highest BCUT2D eigenvalue weighted by molar-refractivity contribution is 7.89. The maximum Gasteiger partial charge on any atom is 0.255 e.